The second kappa shape index (κ2) is 8.73. The Kier molecular flexibility index (Phi) is 6.65. The first-order chi connectivity index (χ1) is 10.8. The molecule has 5 heteroatoms. The Hall–Kier alpha value is -1.62. The van der Waals surface area contributed by atoms with E-state index in [-0.39, 0.29) is 5.91 Å². The predicted molar refractivity (Wildman–Crippen MR) is 93.6 cm³/mol. The van der Waals surface area contributed by atoms with Gasteiger partial charge in [-0.3, -0.25) is 19.7 Å². The predicted octanol–water partition coefficient (Wildman–Crippen LogP) is 3.95. The molecule has 0 radical (unpaired) electrons. The van der Waals surface area contributed by atoms with Crippen LogP contribution in [0.5, 0.6) is 0 Å². The monoisotopic (exact) mass is 317 g/mol. The van der Waals surface area contributed by atoms with E-state index in [1.807, 2.05) is 29.2 Å². The van der Waals surface area contributed by atoms with Crippen molar-refractivity contribution in [2.75, 3.05) is 13.1 Å². The van der Waals surface area contributed by atoms with Gasteiger partial charge in [-0.05, 0) is 42.8 Å². The standard InChI is InChI=1S/C17H23N3OS/c1-3-5-10-19-17-20(12-6-4-2)16(21)15(22-17)13-14-9-7-8-11-18-14/h7-9,11,13H,3-6,10,12H2,1-2H3/b15-13-,19-17?. The summed E-state index contributed by atoms with van der Waals surface area (Å²) >= 11 is 1.47. The summed E-state index contributed by atoms with van der Waals surface area (Å²) in [6, 6.07) is 5.70. The highest BCUT2D eigenvalue weighted by atomic mass is 32.2. The minimum atomic E-state index is 0.0550. The topological polar surface area (TPSA) is 45.6 Å². The fourth-order valence-corrected chi connectivity index (χ4v) is 3.08. The highest BCUT2D eigenvalue weighted by molar-refractivity contribution is 8.18. The molecule has 0 N–H and O–H groups in total. The van der Waals surface area contributed by atoms with Crippen LogP contribution in [0.4, 0.5) is 0 Å². The normalized spacial score (nSPS) is 18.6. The maximum absolute atomic E-state index is 12.6. The third-order valence-corrected chi connectivity index (χ3v) is 4.39. The van der Waals surface area contributed by atoms with Gasteiger partial charge in [0.25, 0.3) is 5.91 Å². The molecule has 2 rings (SSSR count). The van der Waals surface area contributed by atoms with Crippen molar-refractivity contribution in [1.82, 2.24) is 9.88 Å². The molecule has 1 aromatic rings. The van der Waals surface area contributed by atoms with E-state index in [0.29, 0.717) is 4.91 Å². The van der Waals surface area contributed by atoms with Crippen LogP contribution in [0, 0.1) is 0 Å². The number of hydrogen-bond acceptors (Lipinski definition) is 4. The van der Waals surface area contributed by atoms with Crippen molar-refractivity contribution < 1.29 is 4.79 Å². The number of aromatic nitrogens is 1. The number of thioether (sulfide) groups is 1. The second-order valence-electron chi connectivity index (χ2n) is 5.19. The fraction of sp³-hybridized carbons (Fsp3) is 0.471. The summed E-state index contributed by atoms with van der Waals surface area (Å²) < 4.78 is 0. The van der Waals surface area contributed by atoms with Gasteiger partial charge in [-0.1, -0.05) is 32.8 Å². The summed E-state index contributed by atoms with van der Waals surface area (Å²) in [5.74, 6) is 0.0550. The van der Waals surface area contributed by atoms with Crippen LogP contribution in [-0.4, -0.2) is 34.0 Å². The summed E-state index contributed by atoms with van der Waals surface area (Å²) in [5.41, 5.74) is 0.809. The Morgan fingerprint density at radius 1 is 1.27 bits per heavy atom. The number of aliphatic imine (C=N–C) groups is 1. The van der Waals surface area contributed by atoms with Crippen molar-refractivity contribution >= 4 is 28.9 Å². The van der Waals surface area contributed by atoms with E-state index < -0.39 is 0 Å². The number of rotatable bonds is 7. The van der Waals surface area contributed by atoms with Gasteiger partial charge in [-0.2, -0.15) is 0 Å². The van der Waals surface area contributed by atoms with Crippen LogP contribution in [0.15, 0.2) is 34.3 Å². The third-order valence-electron chi connectivity index (χ3n) is 3.35. The van der Waals surface area contributed by atoms with Gasteiger partial charge >= 0.3 is 0 Å². The number of carbonyl (C=O) groups is 1. The summed E-state index contributed by atoms with van der Waals surface area (Å²) in [6.07, 6.45) is 7.82. The van der Waals surface area contributed by atoms with Crippen molar-refractivity contribution in [3.05, 3.63) is 35.0 Å². The lowest BCUT2D eigenvalue weighted by molar-refractivity contribution is -0.122. The van der Waals surface area contributed by atoms with Crippen molar-refractivity contribution in [3.8, 4) is 0 Å². The Labute approximate surface area is 136 Å². The highest BCUT2D eigenvalue weighted by Gasteiger charge is 2.32. The first-order valence-electron chi connectivity index (χ1n) is 7.93. The van der Waals surface area contributed by atoms with E-state index in [1.165, 1.54) is 11.8 Å². The Bertz CT molecular complexity index is 554. The number of amidine groups is 1. The van der Waals surface area contributed by atoms with E-state index in [2.05, 4.69) is 23.8 Å². The number of carbonyl (C=O) groups excluding carboxylic acids is 1. The SMILES string of the molecule is CCCCN=C1S/C(=C\c2ccccn2)C(=O)N1CCCC. The minimum absolute atomic E-state index is 0.0550. The van der Waals surface area contributed by atoms with E-state index >= 15 is 0 Å². The lowest BCUT2D eigenvalue weighted by Gasteiger charge is -2.14. The quantitative estimate of drug-likeness (QED) is 0.565. The molecule has 4 nitrogen and oxygen atoms in total. The number of pyridine rings is 1. The van der Waals surface area contributed by atoms with Crippen LogP contribution < -0.4 is 0 Å². The summed E-state index contributed by atoms with van der Waals surface area (Å²) in [5, 5.41) is 0.842. The molecule has 0 spiro atoms. The average molecular weight is 317 g/mol. The molecule has 1 saturated heterocycles. The molecule has 1 aliphatic rings. The smallest absolute Gasteiger partial charge is 0.266 e. The Morgan fingerprint density at radius 2 is 2.09 bits per heavy atom. The molecule has 1 amide bonds. The summed E-state index contributed by atoms with van der Waals surface area (Å²) in [6.45, 7) is 5.80. The second-order valence-corrected chi connectivity index (χ2v) is 6.20. The zero-order chi connectivity index (χ0) is 15.8. The average Bonchev–Trinajstić information content (AvgIpc) is 2.82. The van der Waals surface area contributed by atoms with E-state index in [9.17, 15) is 4.79 Å². The van der Waals surface area contributed by atoms with Crippen LogP contribution in [0.3, 0.4) is 0 Å². The molecule has 1 aliphatic heterocycles. The molecular weight excluding hydrogens is 294 g/mol. The van der Waals surface area contributed by atoms with Gasteiger partial charge in [-0.25, -0.2) is 0 Å². The van der Waals surface area contributed by atoms with Gasteiger partial charge < -0.3 is 0 Å². The van der Waals surface area contributed by atoms with Crippen LogP contribution in [0.25, 0.3) is 6.08 Å². The summed E-state index contributed by atoms with van der Waals surface area (Å²) in [4.78, 5) is 24.0. The largest absolute Gasteiger partial charge is 0.287 e. The maximum atomic E-state index is 12.6. The van der Waals surface area contributed by atoms with Crippen LogP contribution in [0.1, 0.15) is 45.2 Å². The zero-order valence-electron chi connectivity index (χ0n) is 13.3. The molecule has 22 heavy (non-hydrogen) atoms. The lowest BCUT2D eigenvalue weighted by Crippen LogP contribution is -2.30. The van der Waals surface area contributed by atoms with Crippen molar-refractivity contribution in [3.63, 3.8) is 0 Å². The molecule has 0 bridgehead atoms. The molecule has 0 unspecified atom stereocenters. The van der Waals surface area contributed by atoms with E-state index in [1.54, 1.807) is 6.20 Å². The molecule has 0 aromatic carbocycles. The highest BCUT2D eigenvalue weighted by Crippen LogP contribution is 2.32. The van der Waals surface area contributed by atoms with Crippen LogP contribution in [0.2, 0.25) is 0 Å². The molecule has 0 aliphatic carbocycles. The van der Waals surface area contributed by atoms with Crippen LogP contribution >= 0.6 is 11.8 Å². The third kappa shape index (κ3) is 4.44. The molecular formula is C17H23N3OS. The maximum Gasteiger partial charge on any atom is 0.266 e. The van der Waals surface area contributed by atoms with Crippen molar-refractivity contribution in [1.29, 1.82) is 0 Å². The first kappa shape index (κ1) is 16.7. The van der Waals surface area contributed by atoms with Gasteiger partial charge in [0.2, 0.25) is 0 Å². The number of nitrogens with zero attached hydrogens (tertiary/aromatic N) is 3. The zero-order valence-corrected chi connectivity index (χ0v) is 14.1. The van der Waals surface area contributed by atoms with Gasteiger partial charge in [0.15, 0.2) is 5.17 Å². The Balaban J connectivity index is 2.18. The van der Waals surface area contributed by atoms with E-state index in [4.69, 9.17) is 0 Å². The number of hydrogen-bond donors (Lipinski definition) is 0. The van der Waals surface area contributed by atoms with Gasteiger partial charge in [0.05, 0.1) is 10.6 Å². The fourth-order valence-electron chi connectivity index (χ4n) is 2.07. The Morgan fingerprint density at radius 3 is 2.77 bits per heavy atom. The van der Waals surface area contributed by atoms with Gasteiger partial charge in [0, 0.05) is 19.3 Å². The minimum Gasteiger partial charge on any atom is -0.287 e. The molecule has 2 heterocycles. The molecule has 1 fully saturated rings. The molecule has 0 atom stereocenters. The molecule has 118 valence electrons. The first-order valence-corrected chi connectivity index (χ1v) is 8.74. The number of unbranched alkanes of at least 4 members (excludes halogenated alkanes) is 2. The lowest BCUT2D eigenvalue weighted by atomic mass is 10.3. The van der Waals surface area contributed by atoms with Gasteiger partial charge in [0.1, 0.15) is 0 Å². The molecule has 1 aromatic heterocycles. The molecule has 0 saturated carbocycles. The van der Waals surface area contributed by atoms with Crippen LogP contribution in [-0.2, 0) is 4.79 Å². The van der Waals surface area contributed by atoms with Crippen molar-refractivity contribution in [2.45, 2.75) is 39.5 Å². The van der Waals surface area contributed by atoms with Gasteiger partial charge in [-0.15, -0.1) is 0 Å². The van der Waals surface area contributed by atoms with E-state index in [0.717, 1.165) is 49.6 Å². The number of amides is 1. The van der Waals surface area contributed by atoms with Crippen molar-refractivity contribution in [2.24, 2.45) is 4.99 Å². The summed E-state index contributed by atoms with van der Waals surface area (Å²) in [7, 11) is 0.